The van der Waals surface area contributed by atoms with E-state index in [1.807, 2.05) is 45.0 Å². The number of aromatic nitrogens is 1. The molecule has 1 aromatic heterocycles. The molecule has 0 fully saturated rings. The summed E-state index contributed by atoms with van der Waals surface area (Å²) >= 11 is 7.26. The van der Waals surface area contributed by atoms with E-state index in [9.17, 15) is 4.79 Å². The van der Waals surface area contributed by atoms with Crippen molar-refractivity contribution >= 4 is 34.5 Å². The standard InChI is InChI=1S/C14H15ClN2OS/c1-8(2)12-11(17-14(15)19-12)13(18)16-10-6-4-9(3)5-7-10/h4-8H,1-3H3,(H,16,18). The number of benzene rings is 1. The first kappa shape index (κ1) is 14.0. The summed E-state index contributed by atoms with van der Waals surface area (Å²) in [5, 5.41) is 2.84. The summed E-state index contributed by atoms with van der Waals surface area (Å²) < 4.78 is 0.401. The lowest BCUT2D eigenvalue weighted by Gasteiger charge is -2.07. The molecule has 0 radical (unpaired) electrons. The van der Waals surface area contributed by atoms with E-state index in [2.05, 4.69) is 10.3 Å². The maximum Gasteiger partial charge on any atom is 0.275 e. The van der Waals surface area contributed by atoms with Crippen LogP contribution in [0.25, 0.3) is 0 Å². The summed E-state index contributed by atoms with van der Waals surface area (Å²) in [6.45, 7) is 6.04. The predicted molar refractivity (Wildman–Crippen MR) is 80.3 cm³/mol. The molecule has 1 aromatic carbocycles. The van der Waals surface area contributed by atoms with E-state index in [1.165, 1.54) is 11.3 Å². The van der Waals surface area contributed by atoms with Gasteiger partial charge in [0.05, 0.1) is 0 Å². The van der Waals surface area contributed by atoms with Crippen LogP contribution < -0.4 is 5.32 Å². The average Bonchev–Trinajstić information content (AvgIpc) is 2.74. The zero-order valence-electron chi connectivity index (χ0n) is 11.0. The number of nitrogens with zero attached hydrogens (tertiary/aromatic N) is 1. The molecule has 2 aromatic rings. The molecule has 3 nitrogen and oxygen atoms in total. The summed E-state index contributed by atoms with van der Waals surface area (Å²) in [5.41, 5.74) is 2.33. The van der Waals surface area contributed by atoms with Crippen molar-refractivity contribution in [3.8, 4) is 0 Å². The molecule has 0 bridgehead atoms. The van der Waals surface area contributed by atoms with Crippen molar-refractivity contribution in [2.24, 2.45) is 0 Å². The van der Waals surface area contributed by atoms with Crippen LogP contribution in [-0.2, 0) is 0 Å². The second-order valence-corrected chi connectivity index (χ2v) is 6.27. The van der Waals surface area contributed by atoms with E-state index < -0.39 is 0 Å². The molecule has 0 unspecified atom stereocenters. The first-order valence-electron chi connectivity index (χ1n) is 6.01. The Kier molecular flexibility index (Phi) is 4.22. The highest BCUT2D eigenvalue weighted by atomic mass is 35.5. The van der Waals surface area contributed by atoms with E-state index in [4.69, 9.17) is 11.6 Å². The maximum atomic E-state index is 12.2. The molecule has 0 aliphatic heterocycles. The van der Waals surface area contributed by atoms with Gasteiger partial charge in [-0.25, -0.2) is 4.98 Å². The highest BCUT2D eigenvalue weighted by molar-refractivity contribution is 7.16. The maximum absolute atomic E-state index is 12.2. The Balaban J connectivity index is 2.22. The van der Waals surface area contributed by atoms with Crippen LogP contribution in [0.2, 0.25) is 4.47 Å². The lowest BCUT2D eigenvalue weighted by atomic mass is 10.1. The van der Waals surface area contributed by atoms with Gasteiger partial charge in [0.1, 0.15) is 5.69 Å². The Hall–Kier alpha value is -1.39. The second kappa shape index (κ2) is 5.72. The van der Waals surface area contributed by atoms with Crippen molar-refractivity contribution in [1.82, 2.24) is 4.98 Å². The van der Waals surface area contributed by atoms with Crippen LogP contribution in [-0.4, -0.2) is 10.9 Å². The zero-order valence-corrected chi connectivity index (χ0v) is 12.6. The minimum atomic E-state index is -0.212. The van der Waals surface area contributed by atoms with E-state index in [1.54, 1.807) is 0 Å². The third-order valence-corrected chi connectivity index (χ3v) is 4.14. The van der Waals surface area contributed by atoms with Crippen LogP contribution in [0, 0.1) is 6.92 Å². The summed E-state index contributed by atoms with van der Waals surface area (Å²) in [6.07, 6.45) is 0. The minimum absolute atomic E-state index is 0.212. The van der Waals surface area contributed by atoms with Gasteiger partial charge in [-0.2, -0.15) is 0 Å². The number of nitrogens with one attached hydrogen (secondary N) is 1. The molecular formula is C14H15ClN2OS. The fourth-order valence-electron chi connectivity index (χ4n) is 1.69. The van der Waals surface area contributed by atoms with Gasteiger partial charge >= 0.3 is 0 Å². The summed E-state index contributed by atoms with van der Waals surface area (Å²) in [4.78, 5) is 17.2. The van der Waals surface area contributed by atoms with Crippen molar-refractivity contribution in [3.63, 3.8) is 0 Å². The Morgan fingerprint density at radius 2 is 1.95 bits per heavy atom. The number of rotatable bonds is 3. The molecule has 0 saturated carbocycles. The SMILES string of the molecule is Cc1ccc(NC(=O)c2nc(Cl)sc2C(C)C)cc1. The molecule has 0 aliphatic rings. The Bertz CT molecular complexity index is 590. The molecule has 0 spiro atoms. The molecule has 1 amide bonds. The van der Waals surface area contributed by atoms with Crippen LogP contribution >= 0.6 is 22.9 Å². The van der Waals surface area contributed by atoms with Gasteiger partial charge in [-0.15, -0.1) is 11.3 Å². The number of thiazole rings is 1. The first-order chi connectivity index (χ1) is 8.97. The number of carbonyl (C=O) groups is 1. The topological polar surface area (TPSA) is 42.0 Å². The van der Waals surface area contributed by atoms with Gasteiger partial charge in [-0.3, -0.25) is 4.79 Å². The first-order valence-corrected chi connectivity index (χ1v) is 7.21. The van der Waals surface area contributed by atoms with Crippen LogP contribution in [0.15, 0.2) is 24.3 Å². The van der Waals surface area contributed by atoms with Crippen LogP contribution in [0.3, 0.4) is 0 Å². The zero-order chi connectivity index (χ0) is 14.0. The van der Waals surface area contributed by atoms with Gasteiger partial charge in [0.25, 0.3) is 5.91 Å². The number of hydrogen-bond acceptors (Lipinski definition) is 3. The molecule has 1 N–H and O–H groups in total. The van der Waals surface area contributed by atoms with Gasteiger partial charge in [-0.1, -0.05) is 43.1 Å². The van der Waals surface area contributed by atoms with Crippen LogP contribution in [0.5, 0.6) is 0 Å². The van der Waals surface area contributed by atoms with Crippen LogP contribution in [0.1, 0.15) is 40.7 Å². The van der Waals surface area contributed by atoms with Gasteiger partial charge < -0.3 is 5.32 Å². The summed E-state index contributed by atoms with van der Waals surface area (Å²) in [6, 6.07) is 7.65. The number of anilines is 1. The van der Waals surface area contributed by atoms with Crippen molar-refractivity contribution < 1.29 is 4.79 Å². The quantitative estimate of drug-likeness (QED) is 0.907. The Morgan fingerprint density at radius 3 is 2.53 bits per heavy atom. The Morgan fingerprint density at radius 1 is 1.32 bits per heavy atom. The molecule has 1 heterocycles. The predicted octanol–water partition coefficient (Wildman–Crippen LogP) is 4.48. The lowest BCUT2D eigenvalue weighted by Crippen LogP contribution is -2.14. The number of amides is 1. The van der Waals surface area contributed by atoms with Gasteiger partial charge in [0.2, 0.25) is 0 Å². The van der Waals surface area contributed by atoms with Gasteiger partial charge in [0, 0.05) is 10.6 Å². The van der Waals surface area contributed by atoms with E-state index in [0.717, 1.165) is 16.1 Å². The van der Waals surface area contributed by atoms with E-state index in [-0.39, 0.29) is 11.8 Å². The molecule has 5 heteroatoms. The van der Waals surface area contributed by atoms with Crippen molar-refractivity contribution in [1.29, 1.82) is 0 Å². The van der Waals surface area contributed by atoms with Crippen LogP contribution in [0.4, 0.5) is 5.69 Å². The monoisotopic (exact) mass is 294 g/mol. The second-order valence-electron chi connectivity index (χ2n) is 4.65. The highest BCUT2D eigenvalue weighted by Gasteiger charge is 2.19. The van der Waals surface area contributed by atoms with Crippen molar-refractivity contribution in [2.75, 3.05) is 5.32 Å². The van der Waals surface area contributed by atoms with E-state index >= 15 is 0 Å². The molecule has 0 aliphatic carbocycles. The highest BCUT2D eigenvalue weighted by Crippen LogP contribution is 2.29. The average molecular weight is 295 g/mol. The van der Waals surface area contributed by atoms with Gasteiger partial charge in [-0.05, 0) is 25.0 Å². The third kappa shape index (κ3) is 3.33. The molecular weight excluding hydrogens is 280 g/mol. The number of aryl methyl sites for hydroxylation is 1. The normalized spacial score (nSPS) is 10.8. The largest absolute Gasteiger partial charge is 0.321 e. The number of hydrogen-bond donors (Lipinski definition) is 1. The summed E-state index contributed by atoms with van der Waals surface area (Å²) in [7, 11) is 0. The van der Waals surface area contributed by atoms with Crippen molar-refractivity contribution in [3.05, 3.63) is 44.9 Å². The lowest BCUT2D eigenvalue weighted by molar-refractivity contribution is 0.102. The molecule has 0 atom stereocenters. The van der Waals surface area contributed by atoms with E-state index in [0.29, 0.717) is 10.2 Å². The smallest absolute Gasteiger partial charge is 0.275 e. The summed E-state index contributed by atoms with van der Waals surface area (Å²) in [5.74, 6) is 0.0134. The molecule has 100 valence electrons. The molecule has 19 heavy (non-hydrogen) atoms. The Labute approximate surface area is 121 Å². The number of carbonyl (C=O) groups excluding carboxylic acids is 1. The molecule has 0 saturated heterocycles. The third-order valence-electron chi connectivity index (χ3n) is 2.68. The fourth-order valence-corrected chi connectivity index (χ4v) is 2.81. The van der Waals surface area contributed by atoms with Crippen molar-refractivity contribution in [2.45, 2.75) is 26.7 Å². The number of halogens is 1. The fraction of sp³-hybridized carbons (Fsp3) is 0.286. The molecule has 2 rings (SSSR count). The minimum Gasteiger partial charge on any atom is -0.321 e. The van der Waals surface area contributed by atoms with Gasteiger partial charge in [0.15, 0.2) is 4.47 Å².